The first-order valence-corrected chi connectivity index (χ1v) is 10.4. The lowest BCUT2D eigenvalue weighted by Crippen LogP contribution is -2.24. The quantitative estimate of drug-likeness (QED) is 0.240. The van der Waals surface area contributed by atoms with Crippen LogP contribution in [0.25, 0.3) is 27.2 Å². The van der Waals surface area contributed by atoms with Crippen LogP contribution in [-0.4, -0.2) is 21.2 Å². The zero-order chi connectivity index (χ0) is 22.2. The molecule has 0 saturated carbocycles. The number of nitrogens with zero attached hydrogens (tertiary/aromatic N) is 2. The predicted molar refractivity (Wildman–Crippen MR) is 126 cm³/mol. The Morgan fingerprint density at radius 3 is 2.03 bits per heavy atom. The summed E-state index contributed by atoms with van der Waals surface area (Å²) in [7, 11) is 0. The third-order valence-corrected chi connectivity index (χ3v) is 5.97. The minimum Gasteiger partial charge on any atom is -0.295 e. The number of fused-ring (bicyclic) bond motifs is 2. The van der Waals surface area contributed by atoms with Crippen LogP contribution in [0, 0.1) is 17.0 Å². The lowest BCUT2D eigenvalue weighted by Gasteiger charge is -2.18. The fourth-order valence-corrected chi connectivity index (χ4v) is 4.63. The van der Waals surface area contributed by atoms with Crippen molar-refractivity contribution < 1.29 is 4.92 Å². The largest absolute Gasteiger partial charge is 0.295 e. The highest BCUT2D eigenvalue weighted by Gasteiger charge is 2.30. The Hall–Kier alpha value is -4.19. The van der Waals surface area contributed by atoms with E-state index >= 15 is 0 Å². The SMILES string of the molecule is Cc1[nH]n(-c2ccccc2)c(=O)c1C(C[N+](=O)[O-])c1c2ccccc2cc2ccccc12. The normalized spacial score (nSPS) is 12.3. The summed E-state index contributed by atoms with van der Waals surface area (Å²) in [4.78, 5) is 25.0. The molecule has 1 atom stereocenters. The van der Waals surface area contributed by atoms with Gasteiger partial charge in [0.15, 0.2) is 0 Å². The summed E-state index contributed by atoms with van der Waals surface area (Å²) in [6, 6.07) is 27.0. The molecule has 6 nitrogen and oxygen atoms in total. The Balaban J connectivity index is 1.84. The molecule has 6 heteroatoms. The second-order valence-electron chi connectivity index (χ2n) is 7.93. The highest BCUT2D eigenvalue weighted by molar-refractivity contribution is 6.03. The average molecular weight is 423 g/mol. The fourth-order valence-electron chi connectivity index (χ4n) is 4.63. The first kappa shape index (κ1) is 19.8. The smallest absolute Gasteiger partial charge is 0.275 e. The molecule has 0 fully saturated rings. The maximum atomic E-state index is 13.6. The van der Waals surface area contributed by atoms with Crippen molar-refractivity contribution in [2.24, 2.45) is 0 Å². The summed E-state index contributed by atoms with van der Waals surface area (Å²) < 4.78 is 1.46. The number of hydrogen-bond donors (Lipinski definition) is 1. The molecule has 0 bridgehead atoms. The molecule has 0 aliphatic carbocycles. The maximum Gasteiger partial charge on any atom is 0.275 e. The molecule has 32 heavy (non-hydrogen) atoms. The van der Waals surface area contributed by atoms with Gasteiger partial charge in [-0.15, -0.1) is 0 Å². The summed E-state index contributed by atoms with van der Waals surface area (Å²) in [5.74, 6) is -0.699. The summed E-state index contributed by atoms with van der Waals surface area (Å²) in [5.41, 5.74) is 2.29. The fraction of sp³-hybridized carbons (Fsp3) is 0.115. The van der Waals surface area contributed by atoms with Gasteiger partial charge in [0, 0.05) is 10.6 Å². The Bertz CT molecular complexity index is 1460. The van der Waals surface area contributed by atoms with Gasteiger partial charge in [0.1, 0.15) is 0 Å². The number of nitrogens with one attached hydrogen (secondary N) is 1. The number of nitro groups is 1. The number of aryl methyl sites for hydroxylation is 1. The molecule has 4 aromatic carbocycles. The zero-order valence-electron chi connectivity index (χ0n) is 17.5. The highest BCUT2D eigenvalue weighted by Crippen LogP contribution is 2.37. The van der Waals surface area contributed by atoms with Gasteiger partial charge < -0.3 is 0 Å². The van der Waals surface area contributed by atoms with E-state index in [0.29, 0.717) is 16.9 Å². The van der Waals surface area contributed by atoms with Crippen LogP contribution in [0.5, 0.6) is 0 Å². The molecular formula is C26H21N3O3. The number of hydrogen-bond acceptors (Lipinski definition) is 3. The van der Waals surface area contributed by atoms with E-state index < -0.39 is 5.92 Å². The molecule has 1 aromatic heterocycles. The van der Waals surface area contributed by atoms with Gasteiger partial charge in [0.25, 0.3) is 5.56 Å². The van der Waals surface area contributed by atoms with Crippen molar-refractivity contribution in [1.29, 1.82) is 0 Å². The van der Waals surface area contributed by atoms with Crippen LogP contribution < -0.4 is 5.56 Å². The molecule has 0 aliphatic heterocycles. The van der Waals surface area contributed by atoms with Gasteiger partial charge in [0.2, 0.25) is 6.54 Å². The number of benzene rings is 4. The van der Waals surface area contributed by atoms with E-state index in [-0.39, 0.29) is 17.0 Å². The van der Waals surface area contributed by atoms with Crippen molar-refractivity contribution in [3.8, 4) is 5.69 Å². The van der Waals surface area contributed by atoms with Gasteiger partial charge >= 0.3 is 0 Å². The Labute approximate surface area is 183 Å². The first-order chi connectivity index (χ1) is 15.5. The molecule has 0 amide bonds. The van der Waals surface area contributed by atoms with E-state index in [1.807, 2.05) is 78.9 Å². The minimum atomic E-state index is -0.699. The molecule has 5 aromatic rings. The number of aromatic amines is 1. The molecule has 0 spiro atoms. The van der Waals surface area contributed by atoms with E-state index in [9.17, 15) is 14.9 Å². The van der Waals surface area contributed by atoms with Crippen LogP contribution in [0.2, 0.25) is 0 Å². The van der Waals surface area contributed by atoms with Gasteiger partial charge in [-0.25, -0.2) is 4.68 Å². The third-order valence-electron chi connectivity index (χ3n) is 5.97. The number of rotatable bonds is 5. The minimum absolute atomic E-state index is 0.266. The molecule has 158 valence electrons. The Kier molecular flexibility index (Phi) is 4.82. The van der Waals surface area contributed by atoms with Crippen LogP contribution >= 0.6 is 0 Å². The molecule has 1 N–H and O–H groups in total. The van der Waals surface area contributed by atoms with Crippen LogP contribution in [0.1, 0.15) is 22.7 Å². The highest BCUT2D eigenvalue weighted by atomic mass is 16.6. The third kappa shape index (κ3) is 3.26. The van der Waals surface area contributed by atoms with Gasteiger partial charge in [0.05, 0.1) is 17.2 Å². The molecule has 1 heterocycles. The van der Waals surface area contributed by atoms with Crippen molar-refractivity contribution in [3.05, 3.63) is 122 Å². The van der Waals surface area contributed by atoms with Crippen molar-refractivity contribution in [3.63, 3.8) is 0 Å². The second kappa shape index (κ2) is 7.81. The maximum absolute atomic E-state index is 13.6. The topological polar surface area (TPSA) is 80.9 Å². The molecule has 1 unspecified atom stereocenters. The molecule has 5 rings (SSSR count). The molecule has 0 saturated heterocycles. The lowest BCUT2D eigenvalue weighted by molar-refractivity contribution is -0.481. The zero-order valence-corrected chi connectivity index (χ0v) is 17.5. The lowest BCUT2D eigenvalue weighted by atomic mass is 9.84. The van der Waals surface area contributed by atoms with E-state index in [0.717, 1.165) is 27.1 Å². The molecule has 0 aliphatic rings. The summed E-state index contributed by atoms with van der Waals surface area (Å²) in [6.07, 6.45) is 0. The van der Waals surface area contributed by atoms with Crippen molar-refractivity contribution in [2.45, 2.75) is 12.8 Å². The van der Waals surface area contributed by atoms with Crippen molar-refractivity contribution >= 4 is 21.5 Å². The van der Waals surface area contributed by atoms with E-state index in [1.54, 1.807) is 6.92 Å². The second-order valence-corrected chi connectivity index (χ2v) is 7.93. The number of aromatic nitrogens is 2. The predicted octanol–water partition coefficient (Wildman–Crippen LogP) is 5.19. The van der Waals surface area contributed by atoms with Gasteiger partial charge in [-0.1, -0.05) is 66.7 Å². The molecule has 0 radical (unpaired) electrons. The van der Waals surface area contributed by atoms with Crippen LogP contribution in [0.3, 0.4) is 0 Å². The number of para-hydroxylation sites is 1. The summed E-state index contributed by atoms with van der Waals surface area (Å²) in [6.45, 7) is 1.43. The molecular weight excluding hydrogens is 402 g/mol. The van der Waals surface area contributed by atoms with E-state index in [2.05, 4.69) is 11.2 Å². The van der Waals surface area contributed by atoms with Crippen molar-refractivity contribution in [2.75, 3.05) is 6.54 Å². The standard InChI is InChI=1S/C26H21N3O3/c1-17-24(26(30)29(27-17)20-11-3-2-4-12-20)23(16-28(31)32)25-21-13-7-5-9-18(21)15-19-10-6-8-14-22(19)25/h2-15,23,27H,16H2,1H3. The van der Waals surface area contributed by atoms with Gasteiger partial charge in [-0.3, -0.25) is 20.0 Å². The number of H-pyrrole nitrogens is 1. The van der Waals surface area contributed by atoms with Crippen molar-refractivity contribution in [1.82, 2.24) is 9.78 Å². The Morgan fingerprint density at radius 2 is 1.44 bits per heavy atom. The van der Waals surface area contributed by atoms with Gasteiger partial charge in [-0.05, 0) is 52.2 Å². The van der Waals surface area contributed by atoms with Gasteiger partial charge in [-0.2, -0.15) is 0 Å². The van der Waals surface area contributed by atoms with Crippen LogP contribution in [0.15, 0.2) is 89.7 Å². The summed E-state index contributed by atoms with van der Waals surface area (Å²) in [5, 5.41) is 18.8. The van der Waals surface area contributed by atoms with E-state index in [4.69, 9.17) is 0 Å². The van der Waals surface area contributed by atoms with Crippen LogP contribution in [-0.2, 0) is 0 Å². The van der Waals surface area contributed by atoms with Crippen LogP contribution in [0.4, 0.5) is 0 Å². The average Bonchev–Trinajstić information content (AvgIpc) is 3.10. The Morgan fingerprint density at radius 1 is 0.875 bits per heavy atom. The van der Waals surface area contributed by atoms with E-state index in [1.165, 1.54) is 4.68 Å². The summed E-state index contributed by atoms with van der Waals surface area (Å²) >= 11 is 0. The monoisotopic (exact) mass is 423 g/mol. The first-order valence-electron chi connectivity index (χ1n) is 10.4.